The van der Waals surface area contributed by atoms with Gasteiger partial charge in [0.1, 0.15) is 0 Å². The molecule has 128 valence electrons. The van der Waals surface area contributed by atoms with Crippen molar-refractivity contribution in [2.24, 2.45) is 0 Å². The van der Waals surface area contributed by atoms with Gasteiger partial charge in [0.25, 0.3) is 5.91 Å². The molecule has 0 saturated heterocycles. The molecule has 1 amide bonds. The van der Waals surface area contributed by atoms with Crippen LogP contribution in [0.3, 0.4) is 0 Å². The molecule has 0 unspecified atom stereocenters. The minimum atomic E-state index is -4.95. The first kappa shape index (κ1) is 17.6. The molecule has 0 bridgehead atoms. The zero-order valence-corrected chi connectivity index (χ0v) is 11.7. The van der Waals surface area contributed by atoms with Gasteiger partial charge in [0.05, 0.1) is 11.3 Å². The number of carbonyl (C=O) groups excluding carboxylic acids is 1. The molecular weight excluding hydrogens is 340 g/mol. The van der Waals surface area contributed by atoms with Crippen LogP contribution in [0.5, 0.6) is 5.75 Å². The van der Waals surface area contributed by atoms with Gasteiger partial charge < -0.3 is 10.1 Å². The Morgan fingerprint density at radius 2 is 1.46 bits per heavy atom. The highest BCUT2D eigenvalue weighted by molar-refractivity contribution is 6.05. The summed E-state index contributed by atoms with van der Waals surface area (Å²) in [7, 11) is 0. The number of carbonyl (C=O) groups is 1. The highest BCUT2D eigenvalue weighted by atomic mass is 19.4. The monoisotopic (exact) mass is 349 g/mol. The van der Waals surface area contributed by atoms with Crippen molar-refractivity contribution < 1.29 is 35.9 Å². The van der Waals surface area contributed by atoms with Gasteiger partial charge in [-0.2, -0.15) is 13.2 Å². The van der Waals surface area contributed by atoms with E-state index in [-0.39, 0.29) is 11.3 Å². The predicted molar refractivity (Wildman–Crippen MR) is 72.5 cm³/mol. The molecule has 0 spiro atoms. The van der Waals surface area contributed by atoms with Gasteiger partial charge in [0, 0.05) is 5.56 Å². The van der Waals surface area contributed by atoms with Crippen molar-refractivity contribution in [1.82, 2.24) is 0 Å². The van der Waals surface area contributed by atoms with E-state index in [1.165, 1.54) is 18.2 Å². The zero-order valence-electron chi connectivity index (χ0n) is 11.7. The van der Waals surface area contributed by atoms with Gasteiger partial charge in [-0.15, -0.1) is 13.2 Å². The molecule has 0 aliphatic rings. The quantitative estimate of drug-likeness (QED) is 0.804. The van der Waals surface area contributed by atoms with Crippen LogP contribution in [-0.2, 0) is 6.18 Å². The molecule has 0 atom stereocenters. The number of hydrogen-bond acceptors (Lipinski definition) is 2. The van der Waals surface area contributed by atoms with Gasteiger partial charge >= 0.3 is 12.5 Å². The van der Waals surface area contributed by atoms with Crippen molar-refractivity contribution in [3.8, 4) is 5.75 Å². The summed E-state index contributed by atoms with van der Waals surface area (Å²) < 4.78 is 78.0. The number of hydrogen-bond donors (Lipinski definition) is 1. The van der Waals surface area contributed by atoms with E-state index in [9.17, 15) is 31.1 Å². The average molecular weight is 349 g/mol. The largest absolute Gasteiger partial charge is 0.573 e. The van der Waals surface area contributed by atoms with Gasteiger partial charge in [0.2, 0.25) is 0 Å². The second-order valence-corrected chi connectivity index (χ2v) is 4.57. The third-order valence-corrected chi connectivity index (χ3v) is 2.84. The van der Waals surface area contributed by atoms with Gasteiger partial charge in [-0.1, -0.05) is 12.1 Å². The highest BCUT2D eigenvalue weighted by Gasteiger charge is 2.32. The third kappa shape index (κ3) is 4.64. The molecule has 2 rings (SSSR count). The lowest BCUT2D eigenvalue weighted by Gasteiger charge is -2.14. The van der Waals surface area contributed by atoms with Crippen molar-refractivity contribution in [1.29, 1.82) is 0 Å². The number of ether oxygens (including phenoxy) is 1. The minimum absolute atomic E-state index is 0.148. The first-order valence-corrected chi connectivity index (χ1v) is 6.39. The molecule has 0 radical (unpaired) electrons. The molecule has 0 saturated carbocycles. The predicted octanol–water partition coefficient (Wildman–Crippen LogP) is 4.86. The van der Waals surface area contributed by atoms with E-state index in [0.717, 1.165) is 18.2 Å². The molecule has 0 heterocycles. The van der Waals surface area contributed by atoms with Crippen LogP contribution in [0.1, 0.15) is 15.9 Å². The summed E-state index contributed by atoms with van der Waals surface area (Å²) in [6.07, 6.45) is -9.50. The number of halogens is 6. The first-order valence-electron chi connectivity index (χ1n) is 6.39. The SMILES string of the molecule is O=C(Nc1ccccc1OC(F)(F)F)c1ccc(C(F)(F)F)cc1. The Morgan fingerprint density at radius 1 is 0.875 bits per heavy atom. The molecule has 2 aromatic rings. The molecule has 0 aliphatic carbocycles. The summed E-state index contributed by atoms with van der Waals surface area (Å²) in [5.74, 6) is -1.51. The molecule has 0 fully saturated rings. The fourth-order valence-electron chi connectivity index (χ4n) is 1.79. The van der Waals surface area contributed by atoms with Crippen molar-refractivity contribution in [3.63, 3.8) is 0 Å². The number of amides is 1. The van der Waals surface area contributed by atoms with Gasteiger partial charge in [0.15, 0.2) is 5.75 Å². The van der Waals surface area contributed by atoms with Crippen LogP contribution in [-0.4, -0.2) is 12.3 Å². The number of anilines is 1. The van der Waals surface area contributed by atoms with E-state index in [1.807, 2.05) is 0 Å². The smallest absolute Gasteiger partial charge is 0.404 e. The van der Waals surface area contributed by atoms with Crippen LogP contribution in [0.4, 0.5) is 32.0 Å². The maximum absolute atomic E-state index is 12.5. The number of rotatable bonds is 3. The van der Waals surface area contributed by atoms with Crippen LogP contribution < -0.4 is 10.1 Å². The number of alkyl halides is 6. The Hall–Kier alpha value is -2.71. The van der Waals surface area contributed by atoms with Crippen LogP contribution >= 0.6 is 0 Å². The van der Waals surface area contributed by atoms with Crippen LogP contribution in [0, 0.1) is 0 Å². The summed E-state index contributed by atoms with van der Waals surface area (Å²) in [5, 5.41) is 2.16. The summed E-state index contributed by atoms with van der Waals surface area (Å²) in [6.45, 7) is 0. The van der Waals surface area contributed by atoms with Gasteiger partial charge in [-0.25, -0.2) is 0 Å². The second-order valence-electron chi connectivity index (χ2n) is 4.57. The fraction of sp³-hybridized carbons (Fsp3) is 0.133. The second kappa shape index (κ2) is 6.42. The normalized spacial score (nSPS) is 11.9. The van der Waals surface area contributed by atoms with Crippen molar-refractivity contribution in [3.05, 3.63) is 59.7 Å². The maximum Gasteiger partial charge on any atom is 0.573 e. The summed E-state index contributed by atoms with van der Waals surface area (Å²) in [6, 6.07) is 8.05. The molecule has 0 aromatic heterocycles. The fourth-order valence-corrected chi connectivity index (χ4v) is 1.79. The zero-order chi connectivity index (χ0) is 18.0. The molecule has 9 heteroatoms. The Bertz CT molecular complexity index is 722. The average Bonchev–Trinajstić information content (AvgIpc) is 2.47. The van der Waals surface area contributed by atoms with E-state index >= 15 is 0 Å². The number of para-hydroxylation sites is 2. The Balaban J connectivity index is 2.18. The summed E-state index contributed by atoms with van der Waals surface area (Å²) in [5.41, 5.74) is -1.36. The van der Waals surface area contributed by atoms with E-state index in [2.05, 4.69) is 10.1 Å². The summed E-state index contributed by atoms with van der Waals surface area (Å²) in [4.78, 5) is 12.0. The number of benzene rings is 2. The molecule has 2 aromatic carbocycles. The van der Waals surface area contributed by atoms with Crippen molar-refractivity contribution >= 4 is 11.6 Å². The van der Waals surface area contributed by atoms with Gasteiger partial charge in [-0.05, 0) is 36.4 Å². The Labute approximate surface area is 131 Å². The molecule has 0 aliphatic heterocycles. The lowest BCUT2D eigenvalue weighted by molar-refractivity contribution is -0.274. The number of nitrogens with one attached hydrogen (secondary N) is 1. The van der Waals surface area contributed by atoms with Crippen LogP contribution in [0.25, 0.3) is 0 Å². The van der Waals surface area contributed by atoms with E-state index in [4.69, 9.17) is 0 Å². The first-order chi connectivity index (χ1) is 11.1. The van der Waals surface area contributed by atoms with E-state index in [0.29, 0.717) is 12.1 Å². The Kier molecular flexibility index (Phi) is 4.72. The topological polar surface area (TPSA) is 38.3 Å². The van der Waals surface area contributed by atoms with Crippen molar-refractivity contribution in [2.75, 3.05) is 5.32 Å². The molecule has 24 heavy (non-hydrogen) atoms. The minimum Gasteiger partial charge on any atom is -0.404 e. The summed E-state index contributed by atoms with van der Waals surface area (Å²) >= 11 is 0. The van der Waals surface area contributed by atoms with E-state index < -0.39 is 29.8 Å². The lowest BCUT2D eigenvalue weighted by atomic mass is 10.1. The van der Waals surface area contributed by atoms with E-state index in [1.54, 1.807) is 0 Å². The highest BCUT2D eigenvalue weighted by Crippen LogP contribution is 2.31. The molecule has 3 nitrogen and oxygen atoms in total. The molecule has 1 N–H and O–H groups in total. The standard InChI is InChI=1S/C15H9F6NO2/c16-14(17,18)10-7-5-9(6-8-10)13(23)22-11-3-1-2-4-12(11)24-15(19,20)21/h1-8H,(H,22,23). The third-order valence-electron chi connectivity index (χ3n) is 2.84. The van der Waals surface area contributed by atoms with Crippen molar-refractivity contribution in [2.45, 2.75) is 12.5 Å². The van der Waals surface area contributed by atoms with Gasteiger partial charge in [-0.3, -0.25) is 4.79 Å². The molecular formula is C15H9F6NO2. The maximum atomic E-state index is 12.5. The van der Waals surface area contributed by atoms with Crippen LogP contribution in [0.2, 0.25) is 0 Å². The van der Waals surface area contributed by atoms with Crippen LogP contribution in [0.15, 0.2) is 48.5 Å². The Morgan fingerprint density at radius 3 is 2.00 bits per heavy atom. The lowest BCUT2D eigenvalue weighted by Crippen LogP contribution is -2.19.